The molecule has 7 heteroatoms. The summed E-state index contributed by atoms with van der Waals surface area (Å²) < 4.78 is 0. The molecule has 1 aliphatic rings. The minimum atomic E-state index is -0.384. The summed E-state index contributed by atoms with van der Waals surface area (Å²) in [4.78, 5) is 21.3. The SMILES string of the molecule is C/C=C/CN1c2nccnc2Nc2cccc([N+](=O)[O-])c21. The summed E-state index contributed by atoms with van der Waals surface area (Å²) in [5.41, 5.74) is 1.20. The van der Waals surface area contributed by atoms with Crippen LogP contribution in [0.3, 0.4) is 0 Å². The van der Waals surface area contributed by atoms with Crippen molar-refractivity contribution in [2.75, 3.05) is 16.8 Å². The zero-order valence-electron chi connectivity index (χ0n) is 11.4. The summed E-state index contributed by atoms with van der Waals surface area (Å²) in [6.07, 6.45) is 6.97. The summed E-state index contributed by atoms with van der Waals surface area (Å²) in [5, 5.41) is 14.4. The first-order chi connectivity index (χ1) is 10.2. The Kier molecular flexibility index (Phi) is 3.23. The third-order valence-electron chi connectivity index (χ3n) is 3.19. The van der Waals surface area contributed by atoms with Crippen LogP contribution in [0.15, 0.2) is 42.7 Å². The fourth-order valence-electron chi connectivity index (χ4n) is 2.30. The first-order valence-corrected chi connectivity index (χ1v) is 6.46. The number of benzene rings is 1. The van der Waals surface area contributed by atoms with Gasteiger partial charge in [0.25, 0.3) is 5.69 Å². The minimum absolute atomic E-state index is 0.0424. The first-order valence-electron chi connectivity index (χ1n) is 6.46. The van der Waals surface area contributed by atoms with E-state index in [1.165, 1.54) is 6.07 Å². The van der Waals surface area contributed by atoms with Crippen LogP contribution in [0.5, 0.6) is 0 Å². The van der Waals surface area contributed by atoms with Gasteiger partial charge in [-0.25, -0.2) is 9.97 Å². The Bertz CT molecular complexity index is 729. The normalized spacial score (nSPS) is 12.7. The molecule has 2 heterocycles. The van der Waals surface area contributed by atoms with Crippen molar-refractivity contribution in [2.45, 2.75) is 6.92 Å². The number of hydrogen-bond donors (Lipinski definition) is 1. The molecular formula is C14H13N5O2. The lowest BCUT2D eigenvalue weighted by molar-refractivity contribution is -0.384. The second-order valence-electron chi connectivity index (χ2n) is 4.46. The van der Waals surface area contributed by atoms with E-state index in [-0.39, 0.29) is 10.6 Å². The fraction of sp³-hybridized carbons (Fsp3) is 0.143. The molecule has 1 aromatic carbocycles. The Balaban J connectivity index is 2.20. The van der Waals surface area contributed by atoms with Crippen LogP contribution in [-0.4, -0.2) is 21.4 Å². The molecule has 0 unspecified atom stereocenters. The second kappa shape index (κ2) is 5.20. The van der Waals surface area contributed by atoms with Crippen LogP contribution < -0.4 is 10.2 Å². The summed E-state index contributed by atoms with van der Waals surface area (Å²) in [6, 6.07) is 4.94. The highest BCUT2D eigenvalue weighted by Crippen LogP contribution is 2.45. The Morgan fingerprint density at radius 2 is 2.19 bits per heavy atom. The quantitative estimate of drug-likeness (QED) is 0.529. The van der Waals surface area contributed by atoms with Crippen molar-refractivity contribution in [2.24, 2.45) is 0 Å². The largest absolute Gasteiger partial charge is 0.335 e. The Hall–Kier alpha value is -2.96. The molecule has 0 atom stereocenters. The predicted octanol–water partition coefficient (Wildman–Crippen LogP) is 3.16. The van der Waals surface area contributed by atoms with Gasteiger partial charge in [-0.3, -0.25) is 10.1 Å². The monoisotopic (exact) mass is 283 g/mol. The Morgan fingerprint density at radius 1 is 1.38 bits per heavy atom. The van der Waals surface area contributed by atoms with Crippen LogP contribution in [0.2, 0.25) is 0 Å². The standard InChI is InChI=1S/C14H13N5O2/c1-2-3-9-18-12-10(5-4-6-11(12)19(20)21)17-13-14(18)16-8-7-15-13/h2-8H,9H2,1H3,(H,15,17)/b3-2+. The molecule has 0 spiro atoms. The number of nitrogens with zero attached hydrogens (tertiary/aromatic N) is 4. The van der Waals surface area contributed by atoms with Crippen molar-refractivity contribution in [1.29, 1.82) is 0 Å². The highest BCUT2D eigenvalue weighted by molar-refractivity contribution is 5.93. The molecule has 3 rings (SSSR count). The third-order valence-corrected chi connectivity index (χ3v) is 3.19. The number of anilines is 4. The van der Waals surface area contributed by atoms with Gasteiger partial charge in [0.1, 0.15) is 5.69 Å². The molecule has 0 saturated heterocycles. The molecule has 21 heavy (non-hydrogen) atoms. The molecular weight excluding hydrogens is 270 g/mol. The number of hydrogen-bond acceptors (Lipinski definition) is 6. The van der Waals surface area contributed by atoms with E-state index in [1.807, 2.05) is 19.1 Å². The zero-order chi connectivity index (χ0) is 14.8. The zero-order valence-corrected chi connectivity index (χ0v) is 11.4. The van der Waals surface area contributed by atoms with E-state index in [0.29, 0.717) is 29.6 Å². The van der Waals surface area contributed by atoms with E-state index in [1.54, 1.807) is 29.4 Å². The van der Waals surface area contributed by atoms with E-state index in [2.05, 4.69) is 15.3 Å². The van der Waals surface area contributed by atoms with Crippen molar-refractivity contribution in [3.8, 4) is 0 Å². The van der Waals surface area contributed by atoms with Crippen LogP contribution in [0, 0.1) is 10.1 Å². The van der Waals surface area contributed by atoms with Crippen molar-refractivity contribution in [3.05, 3.63) is 52.9 Å². The fourth-order valence-corrected chi connectivity index (χ4v) is 2.30. The molecule has 0 fully saturated rings. The number of allylic oxidation sites excluding steroid dienone is 1. The maximum absolute atomic E-state index is 11.3. The highest BCUT2D eigenvalue weighted by Gasteiger charge is 2.30. The van der Waals surface area contributed by atoms with Gasteiger partial charge < -0.3 is 10.2 Å². The predicted molar refractivity (Wildman–Crippen MR) is 80.2 cm³/mol. The maximum atomic E-state index is 11.3. The summed E-state index contributed by atoms with van der Waals surface area (Å²) in [6.45, 7) is 2.39. The lowest BCUT2D eigenvalue weighted by Gasteiger charge is -2.30. The number of nitro benzene ring substituents is 1. The molecule has 0 aliphatic carbocycles. The van der Waals surface area contributed by atoms with E-state index in [9.17, 15) is 10.1 Å². The second-order valence-corrected chi connectivity index (χ2v) is 4.46. The number of rotatable bonds is 3. The van der Waals surface area contributed by atoms with Crippen molar-refractivity contribution in [3.63, 3.8) is 0 Å². The van der Waals surface area contributed by atoms with Crippen LogP contribution in [0.1, 0.15) is 6.92 Å². The van der Waals surface area contributed by atoms with Crippen LogP contribution in [0.25, 0.3) is 0 Å². The number of nitrogens with one attached hydrogen (secondary N) is 1. The van der Waals surface area contributed by atoms with Crippen molar-refractivity contribution >= 4 is 28.7 Å². The van der Waals surface area contributed by atoms with Gasteiger partial charge in [0.2, 0.25) is 0 Å². The summed E-state index contributed by atoms with van der Waals surface area (Å²) in [7, 11) is 0. The number of para-hydroxylation sites is 1. The third kappa shape index (κ3) is 2.18. The van der Waals surface area contributed by atoms with Gasteiger partial charge in [-0.05, 0) is 13.0 Å². The molecule has 7 nitrogen and oxygen atoms in total. The van der Waals surface area contributed by atoms with Gasteiger partial charge in [0.15, 0.2) is 11.6 Å². The van der Waals surface area contributed by atoms with Gasteiger partial charge in [-0.15, -0.1) is 0 Å². The minimum Gasteiger partial charge on any atom is -0.335 e. The van der Waals surface area contributed by atoms with Crippen molar-refractivity contribution < 1.29 is 4.92 Å². The summed E-state index contributed by atoms with van der Waals surface area (Å²) >= 11 is 0. The van der Waals surface area contributed by atoms with Crippen LogP contribution >= 0.6 is 0 Å². The van der Waals surface area contributed by atoms with Gasteiger partial charge in [-0.1, -0.05) is 18.2 Å². The van der Waals surface area contributed by atoms with Gasteiger partial charge >= 0.3 is 0 Å². The van der Waals surface area contributed by atoms with E-state index >= 15 is 0 Å². The molecule has 0 amide bonds. The topological polar surface area (TPSA) is 84.2 Å². The lowest BCUT2D eigenvalue weighted by atomic mass is 10.1. The number of nitro groups is 1. The average Bonchev–Trinajstić information content (AvgIpc) is 2.50. The molecule has 2 aromatic rings. The molecule has 1 aliphatic heterocycles. The van der Waals surface area contributed by atoms with Crippen LogP contribution in [-0.2, 0) is 0 Å². The molecule has 0 bridgehead atoms. The first kappa shape index (κ1) is 13.0. The van der Waals surface area contributed by atoms with Crippen LogP contribution in [0.4, 0.5) is 28.7 Å². The maximum Gasteiger partial charge on any atom is 0.295 e. The van der Waals surface area contributed by atoms with Gasteiger partial charge in [0.05, 0.1) is 10.6 Å². The molecule has 1 aromatic heterocycles. The molecule has 1 N–H and O–H groups in total. The number of fused-ring (bicyclic) bond motifs is 2. The molecule has 106 valence electrons. The van der Waals surface area contributed by atoms with Gasteiger partial charge in [0, 0.05) is 25.0 Å². The summed E-state index contributed by atoms with van der Waals surface area (Å²) in [5.74, 6) is 1.17. The van der Waals surface area contributed by atoms with E-state index in [0.717, 1.165) is 0 Å². The number of aromatic nitrogens is 2. The smallest absolute Gasteiger partial charge is 0.295 e. The van der Waals surface area contributed by atoms with E-state index in [4.69, 9.17) is 0 Å². The van der Waals surface area contributed by atoms with Gasteiger partial charge in [-0.2, -0.15) is 0 Å². The molecule has 0 radical (unpaired) electrons. The molecule has 0 saturated carbocycles. The van der Waals surface area contributed by atoms with E-state index < -0.39 is 0 Å². The highest BCUT2D eigenvalue weighted by atomic mass is 16.6. The average molecular weight is 283 g/mol. The lowest BCUT2D eigenvalue weighted by Crippen LogP contribution is -2.25. The Labute approximate surface area is 121 Å². The van der Waals surface area contributed by atoms with Crippen molar-refractivity contribution in [1.82, 2.24) is 9.97 Å². The Morgan fingerprint density at radius 3 is 2.95 bits per heavy atom.